The average molecular weight is 356 g/mol. The van der Waals surface area contributed by atoms with Crippen LogP contribution in [0.3, 0.4) is 0 Å². The van der Waals surface area contributed by atoms with E-state index in [0.29, 0.717) is 6.04 Å². The lowest BCUT2D eigenvalue weighted by Crippen LogP contribution is -2.34. The van der Waals surface area contributed by atoms with E-state index in [1.54, 1.807) is 7.11 Å². The molecule has 0 fully saturated rings. The fourth-order valence-electron chi connectivity index (χ4n) is 3.61. The molecule has 0 aliphatic carbocycles. The molecule has 0 amide bonds. The maximum Gasteiger partial charge on any atom is 0.118 e. The summed E-state index contributed by atoms with van der Waals surface area (Å²) in [6.45, 7) is 0.910. The van der Waals surface area contributed by atoms with Crippen molar-refractivity contribution < 1.29 is 4.74 Å². The summed E-state index contributed by atoms with van der Waals surface area (Å²) in [5.74, 6) is 0.875. The zero-order valence-electron chi connectivity index (χ0n) is 15.6. The van der Waals surface area contributed by atoms with Gasteiger partial charge in [0, 0.05) is 30.9 Å². The Kier molecular flexibility index (Phi) is 5.31. The summed E-state index contributed by atoms with van der Waals surface area (Å²) in [5.41, 5.74) is 6.24. The number of methoxy groups -OCH3 is 1. The topological polar surface area (TPSA) is 34.1 Å². The minimum Gasteiger partial charge on any atom is -0.497 e. The molecule has 3 heteroatoms. The van der Waals surface area contributed by atoms with Crippen LogP contribution in [0.4, 0.5) is 0 Å². The number of nitrogens with zero attached hydrogens (tertiary/aromatic N) is 1. The largest absolute Gasteiger partial charge is 0.497 e. The van der Waals surface area contributed by atoms with Crippen LogP contribution in [0.5, 0.6) is 5.75 Å². The highest BCUT2D eigenvalue weighted by atomic mass is 16.5. The van der Waals surface area contributed by atoms with Crippen LogP contribution in [0.2, 0.25) is 0 Å². The van der Waals surface area contributed by atoms with Gasteiger partial charge in [-0.15, -0.1) is 0 Å². The molecule has 3 nitrogen and oxygen atoms in total. The number of ether oxygens (including phenoxy) is 1. The third-order valence-electron chi connectivity index (χ3n) is 5.06. The molecule has 0 saturated heterocycles. The molecule has 1 unspecified atom stereocenters. The second-order valence-corrected chi connectivity index (χ2v) is 6.87. The van der Waals surface area contributed by atoms with Gasteiger partial charge in [0.1, 0.15) is 5.75 Å². The molecule has 4 rings (SSSR count). The summed E-state index contributed by atoms with van der Waals surface area (Å²) in [7, 11) is 1.69. The van der Waals surface area contributed by atoms with Gasteiger partial charge in [0.2, 0.25) is 0 Å². The van der Waals surface area contributed by atoms with Crippen molar-refractivity contribution in [1.29, 1.82) is 0 Å². The van der Waals surface area contributed by atoms with Gasteiger partial charge >= 0.3 is 0 Å². The van der Waals surface area contributed by atoms with Crippen LogP contribution in [-0.4, -0.2) is 24.7 Å². The van der Waals surface area contributed by atoms with Crippen molar-refractivity contribution in [3.8, 4) is 16.9 Å². The minimum atomic E-state index is 0.406. The first-order valence-electron chi connectivity index (χ1n) is 9.39. The molecule has 2 heterocycles. The molecule has 0 saturated carbocycles. The first-order valence-corrected chi connectivity index (χ1v) is 9.39. The minimum absolute atomic E-state index is 0.406. The van der Waals surface area contributed by atoms with Crippen LogP contribution in [0, 0.1) is 0 Å². The predicted molar refractivity (Wildman–Crippen MR) is 111 cm³/mol. The van der Waals surface area contributed by atoms with Crippen molar-refractivity contribution in [3.63, 3.8) is 0 Å². The smallest absolute Gasteiger partial charge is 0.118 e. The molecule has 2 aromatic carbocycles. The number of pyridine rings is 1. The van der Waals surface area contributed by atoms with Crippen LogP contribution in [0.25, 0.3) is 16.7 Å². The molecule has 0 spiro atoms. The number of hydrogen-bond acceptors (Lipinski definition) is 3. The van der Waals surface area contributed by atoms with Gasteiger partial charge in [0.15, 0.2) is 0 Å². The van der Waals surface area contributed by atoms with E-state index < -0.39 is 0 Å². The maximum atomic E-state index is 5.25. The summed E-state index contributed by atoms with van der Waals surface area (Å²) in [5, 5.41) is 3.61. The molecule has 1 aliphatic heterocycles. The van der Waals surface area contributed by atoms with Crippen LogP contribution in [-0.2, 0) is 6.42 Å². The molecule has 1 aliphatic rings. The Balaban J connectivity index is 1.47. The second kappa shape index (κ2) is 8.19. The number of benzene rings is 2. The standard InChI is InChI=1S/C24H24N2O/c1-27-24-9-7-19(8-10-24)21-12-14-26-23(16-21)17-22-15-20(11-13-25-22)18-5-3-2-4-6-18/h2-12,14,16,22,25H,13,15,17H2,1H3. The van der Waals surface area contributed by atoms with Gasteiger partial charge in [-0.05, 0) is 52.9 Å². The third-order valence-corrected chi connectivity index (χ3v) is 5.06. The summed E-state index contributed by atoms with van der Waals surface area (Å²) >= 11 is 0. The lowest BCUT2D eigenvalue weighted by Gasteiger charge is -2.24. The second-order valence-electron chi connectivity index (χ2n) is 6.87. The molecule has 1 atom stereocenters. The number of rotatable bonds is 5. The number of hydrogen-bond donors (Lipinski definition) is 1. The SMILES string of the molecule is COc1ccc(-c2ccnc(CC3CC(c4ccccc4)=CCN3)c2)cc1. The molecule has 136 valence electrons. The first-order chi connectivity index (χ1) is 13.3. The highest BCUT2D eigenvalue weighted by Gasteiger charge is 2.17. The lowest BCUT2D eigenvalue weighted by atomic mass is 9.92. The zero-order chi connectivity index (χ0) is 18.5. The molecule has 1 N–H and O–H groups in total. The van der Waals surface area contributed by atoms with E-state index in [1.165, 1.54) is 22.3 Å². The van der Waals surface area contributed by atoms with E-state index in [4.69, 9.17) is 4.74 Å². The van der Waals surface area contributed by atoms with Crippen molar-refractivity contribution >= 4 is 5.57 Å². The molecule has 1 aromatic heterocycles. The molecular formula is C24H24N2O. The highest BCUT2D eigenvalue weighted by Crippen LogP contribution is 2.26. The van der Waals surface area contributed by atoms with Crippen molar-refractivity contribution in [2.24, 2.45) is 0 Å². The summed E-state index contributed by atoms with van der Waals surface area (Å²) < 4.78 is 5.25. The fourth-order valence-corrected chi connectivity index (χ4v) is 3.61. The lowest BCUT2D eigenvalue weighted by molar-refractivity contribution is 0.415. The van der Waals surface area contributed by atoms with Crippen LogP contribution in [0.15, 0.2) is 79.0 Å². The van der Waals surface area contributed by atoms with Gasteiger partial charge in [-0.2, -0.15) is 0 Å². The molecule has 0 bridgehead atoms. The van der Waals surface area contributed by atoms with Crippen molar-refractivity contribution in [3.05, 3.63) is 90.3 Å². The Bertz CT molecular complexity index is 917. The van der Waals surface area contributed by atoms with E-state index in [1.807, 2.05) is 18.3 Å². The van der Waals surface area contributed by atoms with E-state index in [2.05, 4.69) is 71.0 Å². The predicted octanol–water partition coefficient (Wildman–Crippen LogP) is 4.75. The van der Waals surface area contributed by atoms with Crippen LogP contribution in [0.1, 0.15) is 17.7 Å². The summed E-state index contributed by atoms with van der Waals surface area (Å²) in [6, 6.07) is 23.5. The maximum absolute atomic E-state index is 5.25. The monoisotopic (exact) mass is 356 g/mol. The normalized spacial score (nSPS) is 16.6. The van der Waals surface area contributed by atoms with E-state index >= 15 is 0 Å². The quantitative estimate of drug-likeness (QED) is 0.717. The van der Waals surface area contributed by atoms with Gasteiger partial charge < -0.3 is 10.1 Å². The Morgan fingerprint density at radius 3 is 2.56 bits per heavy atom. The van der Waals surface area contributed by atoms with Gasteiger partial charge in [0.25, 0.3) is 0 Å². The molecule has 0 radical (unpaired) electrons. The fraction of sp³-hybridized carbons (Fsp3) is 0.208. The zero-order valence-corrected chi connectivity index (χ0v) is 15.6. The molecule has 3 aromatic rings. The van der Waals surface area contributed by atoms with Gasteiger partial charge in [-0.3, -0.25) is 4.98 Å². The van der Waals surface area contributed by atoms with Crippen LogP contribution >= 0.6 is 0 Å². The highest BCUT2D eigenvalue weighted by molar-refractivity contribution is 5.67. The Labute approximate surface area is 160 Å². The molecule has 27 heavy (non-hydrogen) atoms. The Hall–Kier alpha value is -2.91. The average Bonchev–Trinajstić information content (AvgIpc) is 2.75. The summed E-state index contributed by atoms with van der Waals surface area (Å²) in [4.78, 5) is 4.61. The first kappa shape index (κ1) is 17.5. The van der Waals surface area contributed by atoms with Crippen molar-refractivity contribution in [1.82, 2.24) is 10.3 Å². The summed E-state index contributed by atoms with van der Waals surface area (Å²) in [6.07, 6.45) is 6.16. The van der Waals surface area contributed by atoms with Crippen molar-refractivity contribution in [2.45, 2.75) is 18.9 Å². The van der Waals surface area contributed by atoms with E-state index in [-0.39, 0.29) is 0 Å². The van der Waals surface area contributed by atoms with Gasteiger partial charge in [-0.1, -0.05) is 48.5 Å². The van der Waals surface area contributed by atoms with Gasteiger partial charge in [0.05, 0.1) is 7.11 Å². The third kappa shape index (κ3) is 4.26. The number of aromatic nitrogens is 1. The Morgan fingerprint density at radius 2 is 1.78 bits per heavy atom. The van der Waals surface area contributed by atoms with E-state index in [0.717, 1.165) is 30.8 Å². The van der Waals surface area contributed by atoms with Crippen molar-refractivity contribution in [2.75, 3.05) is 13.7 Å². The van der Waals surface area contributed by atoms with Crippen LogP contribution < -0.4 is 10.1 Å². The van der Waals surface area contributed by atoms with E-state index in [9.17, 15) is 0 Å². The Morgan fingerprint density at radius 1 is 0.963 bits per heavy atom. The number of nitrogens with one attached hydrogen (secondary N) is 1. The molecular weight excluding hydrogens is 332 g/mol. The van der Waals surface area contributed by atoms with Gasteiger partial charge in [-0.25, -0.2) is 0 Å².